The molecule has 82 valence electrons. The van der Waals surface area contributed by atoms with Gasteiger partial charge in [0.2, 0.25) is 0 Å². The van der Waals surface area contributed by atoms with Crippen LogP contribution < -0.4 is 5.32 Å². The molecule has 1 N–H and O–H groups in total. The lowest BCUT2D eigenvalue weighted by Gasteiger charge is -2.25. The van der Waals surface area contributed by atoms with Crippen molar-refractivity contribution in [1.82, 2.24) is 5.32 Å². The highest BCUT2D eigenvalue weighted by molar-refractivity contribution is 6.31. The van der Waals surface area contributed by atoms with Crippen LogP contribution in [0.1, 0.15) is 22.7 Å². The quantitative estimate of drug-likeness (QED) is 0.794. The van der Waals surface area contributed by atoms with E-state index in [2.05, 4.69) is 18.3 Å². The Kier molecular flexibility index (Phi) is 3.29. The van der Waals surface area contributed by atoms with Crippen molar-refractivity contribution in [2.45, 2.75) is 19.9 Å². The van der Waals surface area contributed by atoms with E-state index in [1.165, 1.54) is 11.1 Å². The molecule has 0 spiro atoms. The van der Waals surface area contributed by atoms with E-state index in [1.807, 2.05) is 13.0 Å². The van der Waals surface area contributed by atoms with Crippen LogP contribution in [0.2, 0.25) is 5.02 Å². The van der Waals surface area contributed by atoms with E-state index < -0.39 is 0 Å². The zero-order chi connectivity index (χ0) is 10.8. The molecule has 1 heterocycles. The van der Waals surface area contributed by atoms with E-state index in [0.717, 1.165) is 30.3 Å². The third-order valence-corrected chi connectivity index (χ3v) is 3.34. The number of hydrogen-bond acceptors (Lipinski definition) is 2. The molecule has 0 bridgehead atoms. The van der Waals surface area contributed by atoms with Gasteiger partial charge in [-0.15, -0.1) is 0 Å². The molecular weight excluding hydrogens is 210 g/mol. The van der Waals surface area contributed by atoms with Gasteiger partial charge in [-0.2, -0.15) is 0 Å². The zero-order valence-electron chi connectivity index (χ0n) is 9.14. The molecule has 1 atom stereocenters. The summed E-state index contributed by atoms with van der Waals surface area (Å²) in [6, 6.07) is 4.51. The number of nitrogens with one attached hydrogen (secondary N) is 1. The van der Waals surface area contributed by atoms with Gasteiger partial charge in [0.25, 0.3) is 0 Å². The van der Waals surface area contributed by atoms with Gasteiger partial charge in [0.05, 0.1) is 19.3 Å². The minimum Gasteiger partial charge on any atom is -0.378 e. The van der Waals surface area contributed by atoms with Crippen LogP contribution in [0.4, 0.5) is 0 Å². The smallest absolute Gasteiger partial charge is 0.0662 e. The van der Waals surface area contributed by atoms with Crippen molar-refractivity contribution in [2.24, 2.45) is 0 Å². The maximum Gasteiger partial charge on any atom is 0.0662 e. The first-order chi connectivity index (χ1) is 7.18. The van der Waals surface area contributed by atoms with Gasteiger partial charge < -0.3 is 10.1 Å². The molecule has 15 heavy (non-hydrogen) atoms. The number of hydrogen-bond donors (Lipinski definition) is 1. The van der Waals surface area contributed by atoms with Crippen LogP contribution in [0.15, 0.2) is 12.1 Å². The largest absolute Gasteiger partial charge is 0.378 e. The van der Waals surface area contributed by atoms with E-state index in [0.29, 0.717) is 0 Å². The van der Waals surface area contributed by atoms with Crippen molar-refractivity contribution in [3.63, 3.8) is 0 Å². The second kappa shape index (κ2) is 4.52. The summed E-state index contributed by atoms with van der Waals surface area (Å²) in [6.45, 7) is 6.59. The molecule has 1 fully saturated rings. The van der Waals surface area contributed by atoms with Gasteiger partial charge in [-0.3, -0.25) is 0 Å². The normalized spacial score (nSPS) is 21.7. The molecule has 0 radical (unpaired) electrons. The highest BCUT2D eigenvalue weighted by Crippen LogP contribution is 2.25. The molecule has 1 saturated heterocycles. The summed E-state index contributed by atoms with van der Waals surface area (Å²) in [6.07, 6.45) is 0. The van der Waals surface area contributed by atoms with Crippen molar-refractivity contribution < 1.29 is 4.74 Å². The van der Waals surface area contributed by atoms with E-state index in [4.69, 9.17) is 16.3 Å². The molecule has 1 unspecified atom stereocenters. The van der Waals surface area contributed by atoms with E-state index in [9.17, 15) is 0 Å². The van der Waals surface area contributed by atoms with Crippen LogP contribution in [-0.2, 0) is 4.74 Å². The Bertz CT molecular complexity index is 336. The average molecular weight is 226 g/mol. The van der Waals surface area contributed by atoms with E-state index >= 15 is 0 Å². The van der Waals surface area contributed by atoms with Crippen molar-refractivity contribution >= 4 is 11.6 Å². The van der Waals surface area contributed by atoms with Gasteiger partial charge >= 0.3 is 0 Å². The summed E-state index contributed by atoms with van der Waals surface area (Å²) in [5.74, 6) is 0. The lowest BCUT2D eigenvalue weighted by Crippen LogP contribution is -2.34. The molecular formula is C12H16ClNO. The Balaban J connectivity index is 2.27. The second-order valence-electron chi connectivity index (χ2n) is 4.03. The molecule has 2 nitrogen and oxygen atoms in total. The van der Waals surface area contributed by atoms with E-state index in [1.54, 1.807) is 0 Å². The molecule has 0 aromatic heterocycles. The number of morpholine rings is 1. The van der Waals surface area contributed by atoms with Gasteiger partial charge in [0.15, 0.2) is 0 Å². The molecule has 1 aliphatic heterocycles. The summed E-state index contributed by atoms with van der Waals surface area (Å²) in [4.78, 5) is 0. The van der Waals surface area contributed by atoms with Crippen molar-refractivity contribution in [1.29, 1.82) is 0 Å². The third-order valence-electron chi connectivity index (χ3n) is 2.95. The molecule has 1 aromatic carbocycles. The molecule has 3 heteroatoms. The minimum atomic E-state index is 0.288. The maximum absolute atomic E-state index is 6.17. The van der Waals surface area contributed by atoms with Crippen LogP contribution >= 0.6 is 11.6 Å². The van der Waals surface area contributed by atoms with Crippen molar-refractivity contribution in [3.8, 4) is 0 Å². The average Bonchev–Trinajstić information content (AvgIpc) is 2.26. The minimum absolute atomic E-state index is 0.288. The first-order valence-electron chi connectivity index (χ1n) is 5.26. The van der Waals surface area contributed by atoms with Gasteiger partial charge in [0.1, 0.15) is 0 Å². The lowest BCUT2D eigenvalue weighted by atomic mass is 10.0. The summed E-state index contributed by atoms with van der Waals surface area (Å²) in [5.41, 5.74) is 3.63. The van der Waals surface area contributed by atoms with Crippen LogP contribution in [0.25, 0.3) is 0 Å². The SMILES string of the molecule is Cc1cc(C2COCCN2)cc(Cl)c1C. The van der Waals surface area contributed by atoms with Gasteiger partial charge in [-0.05, 0) is 36.6 Å². The topological polar surface area (TPSA) is 21.3 Å². The summed E-state index contributed by atoms with van der Waals surface area (Å²) >= 11 is 6.17. The molecule has 0 amide bonds. The predicted molar refractivity (Wildman–Crippen MR) is 62.5 cm³/mol. The van der Waals surface area contributed by atoms with Gasteiger partial charge in [-0.1, -0.05) is 17.7 Å². The fourth-order valence-electron chi connectivity index (χ4n) is 1.82. The lowest BCUT2D eigenvalue weighted by molar-refractivity contribution is 0.0769. The Labute approximate surface area is 95.6 Å². The molecule has 1 aromatic rings. The molecule has 0 saturated carbocycles. The second-order valence-corrected chi connectivity index (χ2v) is 4.43. The van der Waals surface area contributed by atoms with Crippen molar-refractivity contribution in [2.75, 3.05) is 19.8 Å². The standard InChI is InChI=1S/C12H16ClNO/c1-8-5-10(6-11(13)9(8)2)12-7-15-4-3-14-12/h5-6,12,14H,3-4,7H2,1-2H3. The highest BCUT2D eigenvalue weighted by atomic mass is 35.5. The summed E-state index contributed by atoms with van der Waals surface area (Å²) in [7, 11) is 0. The van der Waals surface area contributed by atoms with Gasteiger partial charge in [-0.25, -0.2) is 0 Å². The number of halogens is 1. The number of benzene rings is 1. The molecule has 1 aliphatic rings. The summed E-state index contributed by atoms with van der Waals surface area (Å²) < 4.78 is 5.44. The zero-order valence-corrected chi connectivity index (χ0v) is 9.90. The highest BCUT2D eigenvalue weighted by Gasteiger charge is 2.16. The van der Waals surface area contributed by atoms with Crippen LogP contribution in [-0.4, -0.2) is 19.8 Å². The molecule has 0 aliphatic carbocycles. The third kappa shape index (κ3) is 2.33. The summed E-state index contributed by atoms with van der Waals surface area (Å²) in [5, 5.41) is 4.27. The Morgan fingerprint density at radius 2 is 2.20 bits per heavy atom. The Morgan fingerprint density at radius 1 is 1.40 bits per heavy atom. The maximum atomic E-state index is 6.17. The van der Waals surface area contributed by atoms with E-state index in [-0.39, 0.29) is 6.04 Å². The van der Waals surface area contributed by atoms with Crippen LogP contribution in [0.5, 0.6) is 0 Å². The first kappa shape index (κ1) is 10.9. The van der Waals surface area contributed by atoms with Crippen LogP contribution in [0, 0.1) is 13.8 Å². The van der Waals surface area contributed by atoms with Crippen LogP contribution in [0.3, 0.4) is 0 Å². The number of aryl methyl sites for hydroxylation is 1. The Hall–Kier alpha value is -0.570. The monoisotopic (exact) mass is 225 g/mol. The first-order valence-corrected chi connectivity index (χ1v) is 5.64. The Morgan fingerprint density at radius 3 is 2.80 bits per heavy atom. The molecule has 2 rings (SSSR count). The van der Waals surface area contributed by atoms with Crippen molar-refractivity contribution in [3.05, 3.63) is 33.8 Å². The fourth-order valence-corrected chi connectivity index (χ4v) is 2.10. The fraction of sp³-hybridized carbons (Fsp3) is 0.500. The number of ether oxygens (including phenoxy) is 1. The van der Waals surface area contributed by atoms with Gasteiger partial charge in [0, 0.05) is 11.6 Å². The predicted octanol–water partition coefficient (Wildman–Crippen LogP) is 2.62. The number of rotatable bonds is 1.